The number of hydrogen-bond acceptors (Lipinski definition) is 3. The molecular formula is C19H31BO3. The Morgan fingerprint density at radius 1 is 1.04 bits per heavy atom. The number of benzene rings is 1. The molecule has 0 spiro atoms. The van der Waals surface area contributed by atoms with Crippen LogP contribution in [0.1, 0.15) is 59.4 Å². The van der Waals surface area contributed by atoms with Gasteiger partial charge < -0.3 is 14.0 Å². The fourth-order valence-electron chi connectivity index (χ4n) is 2.97. The zero-order valence-corrected chi connectivity index (χ0v) is 15.5. The molecular weight excluding hydrogens is 287 g/mol. The first-order chi connectivity index (χ1) is 10.8. The largest absolute Gasteiger partial charge is 0.497 e. The Bertz CT molecular complexity index is 480. The van der Waals surface area contributed by atoms with Crippen molar-refractivity contribution in [2.45, 2.75) is 77.3 Å². The zero-order valence-electron chi connectivity index (χ0n) is 15.5. The fourth-order valence-corrected chi connectivity index (χ4v) is 2.97. The molecule has 0 bridgehead atoms. The molecule has 4 heteroatoms. The average Bonchev–Trinajstić information content (AvgIpc) is 2.72. The Kier molecular flexibility index (Phi) is 5.80. The van der Waals surface area contributed by atoms with Crippen LogP contribution in [-0.2, 0) is 15.7 Å². The Hall–Kier alpha value is -0.995. The predicted molar refractivity (Wildman–Crippen MR) is 96.1 cm³/mol. The molecule has 1 aromatic rings. The summed E-state index contributed by atoms with van der Waals surface area (Å²) < 4.78 is 17.6. The van der Waals surface area contributed by atoms with Gasteiger partial charge in [-0.2, -0.15) is 0 Å². The Morgan fingerprint density at radius 2 is 1.61 bits per heavy atom. The van der Waals surface area contributed by atoms with Crippen molar-refractivity contribution in [3.05, 3.63) is 29.8 Å². The van der Waals surface area contributed by atoms with Gasteiger partial charge in [0.25, 0.3) is 0 Å². The highest BCUT2D eigenvalue weighted by atomic mass is 16.7. The molecule has 1 fully saturated rings. The van der Waals surface area contributed by atoms with E-state index in [1.807, 2.05) is 12.1 Å². The van der Waals surface area contributed by atoms with Gasteiger partial charge in [0.1, 0.15) is 5.75 Å². The SMILES string of the molecule is CC[C@@H](CCCc1ccc(OC)cc1)B1OC(C)(C)C(C)(C)O1. The molecule has 0 N–H and O–H groups in total. The van der Waals surface area contributed by atoms with Crippen LogP contribution < -0.4 is 4.74 Å². The van der Waals surface area contributed by atoms with Gasteiger partial charge in [0.15, 0.2) is 0 Å². The van der Waals surface area contributed by atoms with Gasteiger partial charge in [0, 0.05) is 0 Å². The van der Waals surface area contributed by atoms with Crippen molar-refractivity contribution in [1.82, 2.24) is 0 Å². The number of ether oxygens (including phenoxy) is 1. The summed E-state index contributed by atoms with van der Waals surface area (Å²) in [7, 11) is 1.62. The van der Waals surface area contributed by atoms with Crippen LogP contribution in [0.3, 0.4) is 0 Å². The van der Waals surface area contributed by atoms with E-state index in [1.165, 1.54) is 5.56 Å². The Balaban J connectivity index is 1.86. The number of hydrogen-bond donors (Lipinski definition) is 0. The molecule has 0 radical (unpaired) electrons. The molecule has 1 saturated heterocycles. The summed E-state index contributed by atoms with van der Waals surface area (Å²) in [5, 5.41) is 0. The van der Waals surface area contributed by atoms with Gasteiger partial charge in [-0.05, 0) is 64.1 Å². The van der Waals surface area contributed by atoms with Crippen LogP contribution in [0.15, 0.2) is 24.3 Å². The molecule has 1 atom stereocenters. The molecule has 1 heterocycles. The summed E-state index contributed by atoms with van der Waals surface area (Å²) in [4.78, 5) is 0. The van der Waals surface area contributed by atoms with E-state index in [4.69, 9.17) is 14.0 Å². The van der Waals surface area contributed by atoms with Crippen molar-refractivity contribution >= 4 is 7.12 Å². The molecule has 1 aromatic carbocycles. The number of methoxy groups -OCH3 is 1. The molecule has 0 saturated carbocycles. The first kappa shape index (κ1) is 18.3. The topological polar surface area (TPSA) is 27.7 Å². The molecule has 0 amide bonds. The molecule has 0 aliphatic carbocycles. The first-order valence-electron chi connectivity index (χ1n) is 8.77. The van der Waals surface area contributed by atoms with Crippen LogP contribution in [0.25, 0.3) is 0 Å². The van der Waals surface area contributed by atoms with Crippen LogP contribution >= 0.6 is 0 Å². The molecule has 0 unspecified atom stereocenters. The van der Waals surface area contributed by atoms with Crippen LogP contribution in [0.4, 0.5) is 0 Å². The van der Waals surface area contributed by atoms with E-state index in [0.717, 1.165) is 31.4 Å². The highest BCUT2D eigenvalue weighted by molar-refractivity contribution is 6.47. The van der Waals surface area contributed by atoms with Gasteiger partial charge in [-0.1, -0.05) is 31.9 Å². The first-order valence-corrected chi connectivity index (χ1v) is 8.77. The average molecular weight is 318 g/mol. The van der Waals surface area contributed by atoms with E-state index >= 15 is 0 Å². The minimum absolute atomic E-state index is 0.0825. The second-order valence-corrected chi connectivity index (χ2v) is 7.53. The summed E-state index contributed by atoms with van der Waals surface area (Å²) in [5.74, 6) is 1.37. The van der Waals surface area contributed by atoms with Crippen molar-refractivity contribution < 1.29 is 14.0 Å². The quantitative estimate of drug-likeness (QED) is 0.670. The van der Waals surface area contributed by atoms with Crippen molar-refractivity contribution in [1.29, 1.82) is 0 Å². The summed E-state index contributed by atoms with van der Waals surface area (Å²) >= 11 is 0. The molecule has 2 rings (SSSR count). The maximum absolute atomic E-state index is 6.21. The molecule has 23 heavy (non-hydrogen) atoms. The van der Waals surface area contributed by atoms with E-state index in [1.54, 1.807) is 7.11 Å². The lowest BCUT2D eigenvalue weighted by molar-refractivity contribution is 0.00578. The minimum atomic E-state index is -0.235. The van der Waals surface area contributed by atoms with E-state index in [0.29, 0.717) is 5.82 Å². The van der Waals surface area contributed by atoms with Crippen molar-refractivity contribution in [2.75, 3.05) is 7.11 Å². The van der Waals surface area contributed by atoms with E-state index in [-0.39, 0.29) is 18.3 Å². The second-order valence-electron chi connectivity index (χ2n) is 7.53. The summed E-state index contributed by atoms with van der Waals surface area (Å²) in [6, 6.07) is 8.35. The highest BCUT2D eigenvalue weighted by Crippen LogP contribution is 2.41. The second kappa shape index (κ2) is 7.27. The van der Waals surface area contributed by atoms with Crippen LogP contribution in [-0.4, -0.2) is 25.4 Å². The molecule has 3 nitrogen and oxygen atoms in total. The normalized spacial score (nSPS) is 20.5. The van der Waals surface area contributed by atoms with Crippen LogP contribution in [0, 0.1) is 0 Å². The maximum atomic E-state index is 6.21. The number of aryl methyl sites for hydroxylation is 1. The van der Waals surface area contributed by atoms with E-state index in [2.05, 4.69) is 46.8 Å². The van der Waals surface area contributed by atoms with Gasteiger partial charge in [-0.3, -0.25) is 0 Å². The third kappa shape index (κ3) is 4.30. The fraction of sp³-hybridized carbons (Fsp3) is 0.684. The lowest BCUT2D eigenvalue weighted by Gasteiger charge is -2.32. The Labute approximate surface area is 141 Å². The molecule has 1 aliphatic heterocycles. The minimum Gasteiger partial charge on any atom is -0.497 e. The molecule has 1 aliphatic rings. The lowest BCUT2D eigenvalue weighted by atomic mass is 9.67. The monoisotopic (exact) mass is 318 g/mol. The van der Waals surface area contributed by atoms with Gasteiger partial charge in [0.05, 0.1) is 18.3 Å². The van der Waals surface area contributed by atoms with Gasteiger partial charge >= 0.3 is 7.12 Å². The standard InChI is InChI=1S/C19H31BO3/c1-7-16(20-22-18(2,3)19(4,5)23-20)10-8-9-15-11-13-17(21-6)14-12-15/h11-14,16H,7-10H2,1-6H3/t16-/m0/s1. The predicted octanol–water partition coefficient (Wildman–Crippen LogP) is 4.89. The number of rotatable bonds is 7. The van der Waals surface area contributed by atoms with Crippen molar-refractivity contribution in [3.63, 3.8) is 0 Å². The smallest absolute Gasteiger partial charge is 0.461 e. The van der Waals surface area contributed by atoms with Gasteiger partial charge in [-0.15, -0.1) is 0 Å². The summed E-state index contributed by atoms with van der Waals surface area (Å²) in [6.07, 6.45) is 4.44. The van der Waals surface area contributed by atoms with Gasteiger partial charge in [-0.25, -0.2) is 0 Å². The third-order valence-corrected chi connectivity index (χ3v) is 5.38. The molecule has 0 aromatic heterocycles. The lowest BCUT2D eigenvalue weighted by Crippen LogP contribution is -2.41. The maximum Gasteiger partial charge on any atom is 0.461 e. The van der Waals surface area contributed by atoms with E-state index < -0.39 is 0 Å². The zero-order chi connectivity index (χ0) is 17.1. The molecule has 128 valence electrons. The Morgan fingerprint density at radius 3 is 2.09 bits per heavy atom. The highest BCUT2D eigenvalue weighted by Gasteiger charge is 2.53. The third-order valence-electron chi connectivity index (χ3n) is 5.38. The summed E-state index contributed by atoms with van der Waals surface area (Å²) in [6.45, 7) is 10.7. The van der Waals surface area contributed by atoms with E-state index in [9.17, 15) is 0 Å². The van der Waals surface area contributed by atoms with Crippen LogP contribution in [0.5, 0.6) is 5.75 Å². The van der Waals surface area contributed by atoms with Gasteiger partial charge in [0.2, 0.25) is 0 Å². The summed E-state index contributed by atoms with van der Waals surface area (Å²) in [5.41, 5.74) is 0.886. The van der Waals surface area contributed by atoms with Crippen molar-refractivity contribution in [2.24, 2.45) is 0 Å². The van der Waals surface area contributed by atoms with Crippen LogP contribution in [0.2, 0.25) is 5.82 Å². The van der Waals surface area contributed by atoms with Crippen molar-refractivity contribution in [3.8, 4) is 5.75 Å².